The van der Waals surface area contributed by atoms with Gasteiger partial charge in [-0.15, -0.1) is 0 Å². The predicted molar refractivity (Wildman–Crippen MR) is 240 cm³/mol. The van der Waals surface area contributed by atoms with Gasteiger partial charge in [0.2, 0.25) is 0 Å². The van der Waals surface area contributed by atoms with E-state index in [0.717, 1.165) is 49.9 Å². The zero-order chi connectivity index (χ0) is 38.2. The molecule has 270 valence electrons. The molecule has 3 heterocycles. The van der Waals surface area contributed by atoms with Crippen LogP contribution in [-0.4, -0.2) is 24.1 Å². The van der Waals surface area contributed by atoms with E-state index in [0.29, 0.717) is 17.5 Å². The van der Waals surface area contributed by atoms with Crippen molar-refractivity contribution in [1.82, 2.24) is 24.1 Å². The monoisotopic (exact) mass is 739 g/mol. The van der Waals surface area contributed by atoms with Crippen LogP contribution >= 0.6 is 0 Å². The zero-order valence-electron chi connectivity index (χ0n) is 31.3. The van der Waals surface area contributed by atoms with Gasteiger partial charge in [-0.05, 0) is 94.3 Å². The Morgan fingerprint density at radius 3 is 1.17 bits per heavy atom. The number of hydrogen-bond acceptors (Lipinski definition) is 3. The van der Waals surface area contributed by atoms with Gasteiger partial charge in [-0.3, -0.25) is 0 Å². The van der Waals surface area contributed by atoms with Crippen LogP contribution < -0.4 is 0 Å². The Kier molecular flexibility index (Phi) is 7.16. The highest BCUT2D eigenvalue weighted by Gasteiger charge is 2.18. The van der Waals surface area contributed by atoms with Crippen molar-refractivity contribution in [2.45, 2.75) is 0 Å². The fourth-order valence-corrected chi connectivity index (χ4v) is 8.76. The first-order chi connectivity index (χ1) is 28.7. The molecule has 12 aromatic rings. The van der Waals surface area contributed by atoms with Gasteiger partial charge in [0.25, 0.3) is 0 Å². The summed E-state index contributed by atoms with van der Waals surface area (Å²) in [5.41, 5.74) is 9.74. The molecule has 0 amide bonds. The summed E-state index contributed by atoms with van der Waals surface area (Å²) < 4.78 is 4.75. The molecule has 0 fully saturated rings. The summed E-state index contributed by atoms with van der Waals surface area (Å²) in [4.78, 5) is 15.3. The molecule has 5 nitrogen and oxygen atoms in total. The van der Waals surface area contributed by atoms with E-state index in [1.54, 1.807) is 0 Å². The molecular formula is C53H33N5. The minimum Gasteiger partial charge on any atom is -0.309 e. The third-order valence-electron chi connectivity index (χ3n) is 11.5. The average molecular weight is 740 g/mol. The molecule has 0 atom stereocenters. The van der Waals surface area contributed by atoms with E-state index in [1.165, 1.54) is 43.4 Å². The second-order valence-corrected chi connectivity index (χ2v) is 14.9. The van der Waals surface area contributed by atoms with Crippen molar-refractivity contribution in [3.63, 3.8) is 0 Å². The largest absolute Gasteiger partial charge is 0.309 e. The Hall–Kier alpha value is -7.89. The highest BCUT2D eigenvalue weighted by Crippen LogP contribution is 2.37. The number of hydrogen-bond donors (Lipinski definition) is 0. The van der Waals surface area contributed by atoms with Crippen LogP contribution in [0.25, 0.3) is 111 Å². The summed E-state index contributed by atoms with van der Waals surface area (Å²) in [6.07, 6.45) is 0. The van der Waals surface area contributed by atoms with Crippen LogP contribution in [-0.2, 0) is 0 Å². The predicted octanol–water partition coefficient (Wildman–Crippen LogP) is 13.4. The fourth-order valence-electron chi connectivity index (χ4n) is 8.76. The SMILES string of the molecule is c1ccc2cc(-c3nc(-c4ccc(-n5c6ccccc6c6cc(-n7c8ccccc8c8ccccc87)ccc65)cc4)nc(-c4ccc5ccccc5c4)n3)ccc2c1. The molecule has 0 aliphatic heterocycles. The van der Waals surface area contributed by atoms with Crippen LogP contribution in [0.3, 0.4) is 0 Å². The highest BCUT2D eigenvalue weighted by molar-refractivity contribution is 6.12. The minimum atomic E-state index is 0.630. The standard InChI is InChI=1S/C53H33N5/c1-3-13-37-31-39(23-21-34(37)11-1)52-54-51(55-53(56-52)40-24-22-35-12-2-4-14-38(35)32-40)36-25-27-41(28-26-36)57-49-20-10-7-17-45(49)46-33-42(29-30-50(46)57)58-47-18-8-5-15-43(47)44-16-6-9-19-48(44)58/h1-33H. The van der Waals surface area contributed by atoms with Gasteiger partial charge in [-0.25, -0.2) is 15.0 Å². The summed E-state index contributed by atoms with van der Waals surface area (Å²) in [5, 5.41) is 9.58. The number of benzene rings is 9. The number of fused-ring (bicyclic) bond motifs is 8. The number of aromatic nitrogens is 5. The zero-order valence-corrected chi connectivity index (χ0v) is 31.3. The minimum absolute atomic E-state index is 0.630. The lowest BCUT2D eigenvalue weighted by Gasteiger charge is -2.12. The Morgan fingerprint density at radius 2 is 0.638 bits per heavy atom. The Balaban J connectivity index is 0.990. The first kappa shape index (κ1) is 32.4. The van der Waals surface area contributed by atoms with Crippen molar-refractivity contribution in [3.8, 4) is 45.5 Å². The van der Waals surface area contributed by atoms with Gasteiger partial charge >= 0.3 is 0 Å². The molecule has 0 bridgehead atoms. The van der Waals surface area contributed by atoms with Gasteiger partial charge in [0.05, 0.1) is 22.1 Å². The van der Waals surface area contributed by atoms with Crippen LogP contribution in [0.5, 0.6) is 0 Å². The Morgan fingerprint density at radius 1 is 0.259 bits per heavy atom. The van der Waals surface area contributed by atoms with Crippen LogP contribution in [0.2, 0.25) is 0 Å². The van der Waals surface area contributed by atoms with Gasteiger partial charge < -0.3 is 9.13 Å². The van der Waals surface area contributed by atoms with Gasteiger partial charge in [0, 0.05) is 49.6 Å². The highest BCUT2D eigenvalue weighted by atomic mass is 15.0. The third-order valence-corrected chi connectivity index (χ3v) is 11.5. The van der Waals surface area contributed by atoms with Crippen LogP contribution in [0.15, 0.2) is 200 Å². The molecule has 0 aliphatic carbocycles. The molecule has 0 unspecified atom stereocenters. The lowest BCUT2D eigenvalue weighted by molar-refractivity contribution is 1.07. The van der Waals surface area contributed by atoms with E-state index in [-0.39, 0.29) is 0 Å². The second kappa shape index (κ2) is 12.8. The van der Waals surface area contributed by atoms with Crippen LogP contribution in [0.4, 0.5) is 0 Å². The molecule has 12 rings (SSSR count). The lowest BCUT2D eigenvalue weighted by atomic mass is 10.1. The van der Waals surface area contributed by atoms with Crippen LogP contribution in [0, 0.1) is 0 Å². The molecule has 0 spiro atoms. The average Bonchev–Trinajstić information content (AvgIpc) is 3.81. The summed E-state index contributed by atoms with van der Waals surface area (Å²) in [6.45, 7) is 0. The summed E-state index contributed by atoms with van der Waals surface area (Å²) in [7, 11) is 0. The summed E-state index contributed by atoms with van der Waals surface area (Å²) in [5.74, 6) is 1.92. The van der Waals surface area contributed by atoms with E-state index >= 15 is 0 Å². The third kappa shape index (κ3) is 5.14. The van der Waals surface area contributed by atoms with E-state index < -0.39 is 0 Å². The number of para-hydroxylation sites is 3. The maximum Gasteiger partial charge on any atom is 0.164 e. The van der Waals surface area contributed by atoms with Crippen molar-refractivity contribution in [2.24, 2.45) is 0 Å². The molecule has 0 saturated carbocycles. The van der Waals surface area contributed by atoms with Crippen molar-refractivity contribution in [3.05, 3.63) is 200 Å². The van der Waals surface area contributed by atoms with Gasteiger partial charge in [-0.1, -0.05) is 127 Å². The lowest BCUT2D eigenvalue weighted by Crippen LogP contribution is -2.01. The molecule has 0 aliphatic rings. The smallest absolute Gasteiger partial charge is 0.164 e. The normalized spacial score (nSPS) is 11.8. The Bertz CT molecular complexity index is 3420. The first-order valence-corrected chi connectivity index (χ1v) is 19.6. The van der Waals surface area contributed by atoms with Gasteiger partial charge in [0.1, 0.15) is 0 Å². The second-order valence-electron chi connectivity index (χ2n) is 14.9. The molecule has 0 radical (unpaired) electrons. The first-order valence-electron chi connectivity index (χ1n) is 19.6. The van der Waals surface area contributed by atoms with Gasteiger partial charge in [-0.2, -0.15) is 0 Å². The van der Waals surface area contributed by atoms with Crippen molar-refractivity contribution >= 4 is 65.2 Å². The maximum atomic E-state index is 5.11. The van der Waals surface area contributed by atoms with Crippen molar-refractivity contribution in [2.75, 3.05) is 0 Å². The Labute approximate surface area is 333 Å². The van der Waals surface area contributed by atoms with Crippen molar-refractivity contribution in [1.29, 1.82) is 0 Å². The van der Waals surface area contributed by atoms with E-state index in [9.17, 15) is 0 Å². The summed E-state index contributed by atoms with van der Waals surface area (Å²) in [6, 6.07) is 71.1. The van der Waals surface area contributed by atoms with Crippen LogP contribution in [0.1, 0.15) is 0 Å². The number of nitrogens with zero attached hydrogens (tertiary/aromatic N) is 5. The molecule has 0 saturated heterocycles. The fraction of sp³-hybridized carbons (Fsp3) is 0. The molecule has 58 heavy (non-hydrogen) atoms. The van der Waals surface area contributed by atoms with Gasteiger partial charge in [0.15, 0.2) is 17.5 Å². The quantitative estimate of drug-likeness (QED) is 0.177. The molecule has 5 heteroatoms. The van der Waals surface area contributed by atoms with E-state index in [4.69, 9.17) is 15.0 Å². The summed E-state index contributed by atoms with van der Waals surface area (Å²) >= 11 is 0. The topological polar surface area (TPSA) is 48.5 Å². The van der Waals surface area contributed by atoms with Crippen molar-refractivity contribution < 1.29 is 0 Å². The maximum absolute atomic E-state index is 5.11. The molecule has 3 aromatic heterocycles. The molecule has 9 aromatic carbocycles. The molecular weight excluding hydrogens is 707 g/mol. The van der Waals surface area contributed by atoms with E-state index in [2.05, 4.69) is 209 Å². The molecule has 0 N–H and O–H groups in total. The number of rotatable bonds is 5. The van der Waals surface area contributed by atoms with E-state index in [1.807, 2.05) is 0 Å².